The molecule has 0 radical (unpaired) electrons. The fraction of sp³-hybridized carbons (Fsp3) is 0.150. The number of benzene rings is 1. The minimum absolute atomic E-state index is 0.170. The van der Waals surface area contributed by atoms with Crippen LogP contribution < -0.4 is 0 Å². The molecule has 1 aliphatic rings. The monoisotopic (exact) mass is 331 g/mol. The number of likely N-dealkylation sites (tertiary alicyclic amines) is 1. The van der Waals surface area contributed by atoms with Crippen molar-refractivity contribution in [2.45, 2.75) is 5.60 Å². The topological polar surface area (TPSA) is 66.3 Å². The van der Waals surface area contributed by atoms with Crippen molar-refractivity contribution in [3.05, 3.63) is 84.3 Å². The van der Waals surface area contributed by atoms with Crippen molar-refractivity contribution < 1.29 is 9.90 Å². The van der Waals surface area contributed by atoms with Crippen molar-refractivity contribution in [2.24, 2.45) is 0 Å². The first kappa shape index (κ1) is 15.5. The number of rotatable bonds is 3. The average Bonchev–Trinajstić information content (AvgIpc) is 2.66. The van der Waals surface area contributed by atoms with E-state index in [2.05, 4.69) is 9.97 Å². The van der Waals surface area contributed by atoms with Crippen LogP contribution in [0.2, 0.25) is 0 Å². The van der Waals surface area contributed by atoms with E-state index in [1.165, 1.54) is 0 Å². The Morgan fingerprint density at radius 3 is 2.40 bits per heavy atom. The molecule has 2 aromatic heterocycles. The molecule has 0 bridgehead atoms. The van der Waals surface area contributed by atoms with Gasteiger partial charge in [-0.05, 0) is 29.8 Å². The lowest BCUT2D eigenvalue weighted by Crippen LogP contribution is -2.61. The minimum atomic E-state index is -0.973. The van der Waals surface area contributed by atoms with E-state index in [0.29, 0.717) is 5.69 Å². The molecule has 0 aliphatic carbocycles. The van der Waals surface area contributed by atoms with Gasteiger partial charge >= 0.3 is 0 Å². The van der Waals surface area contributed by atoms with Gasteiger partial charge in [-0.25, -0.2) is 4.98 Å². The van der Waals surface area contributed by atoms with E-state index in [-0.39, 0.29) is 19.0 Å². The van der Waals surface area contributed by atoms with Gasteiger partial charge in [0, 0.05) is 18.0 Å². The van der Waals surface area contributed by atoms with Crippen LogP contribution in [0.15, 0.2) is 73.1 Å². The number of aromatic nitrogens is 2. The molecule has 4 rings (SSSR count). The summed E-state index contributed by atoms with van der Waals surface area (Å²) in [6.45, 7) is 0.550. The second kappa shape index (κ2) is 6.11. The number of hydrogen-bond donors (Lipinski definition) is 1. The third kappa shape index (κ3) is 2.90. The highest BCUT2D eigenvalue weighted by molar-refractivity contribution is 5.93. The Labute approximate surface area is 145 Å². The Hall–Kier alpha value is -3.05. The lowest BCUT2D eigenvalue weighted by molar-refractivity contribution is -0.0865. The van der Waals surface area contributed by atoms with Gasteiger partial charge < -0.3 is 10.0 Å². The summed E-state index contributed by atoms with van der Waals surface area (Å²) >= 11 is 0. The fourth-order valence-electron chi connectivity index (χ4n) is 3.06. The first-order valence-corrected chi connectivity index (χ1v) is 8.10. The molecular formula is C20H17N3O2. The highest BCUT2D eigenvalue weighted by Crippen LogP contribution is 2.32. The zero-order valence-electron chi connectivity index (χ0n) is 13.5. The van der Waals surface area contributed by atoms with Crippen LogP contribution in [0.1, 0.15) is 16.1 Å². The molecule has 124 valence electrons. The molecule has 1 fully saturated rings. The molecule has 25 heavy (non-hydrogen) atoms. The Balaban J connectivity index is 1.52. The number of carbonyl (C=O) groups excluding carboxylic acids is 1. The van der Waals surface area contributed by atoms with E-state index >= 15 is 0 Å². The molecule has 0 atom stereocenters. The average molecular weight is 331 g/mol. The number of carbonyl (C=O) groups is 1. The van der Waals surface area contributed by atoms with Gasteiger partial charge in [0.1, 0.15) is 11.3 Å². The molecular weight excluding hydrogens is 314 g/mol. The first-order valence-electron chi connectivity index (χ1n) is 8.10. The van der Waals surface area contributed by atoms with Crippen LogP contribution in [0.3, 0.4) is 0 Å². The first-order chi connectivity index (χ1) is 12.2. The van der Waals surface area contributed by atoms with Crippen molar-refractivity contribution in [2.75, 3.05) is 13.1 Å². The van der Waals surface area contributed by atoms with Gasteiger partial charge in [0.2, 0.25) is 0 Å². The zero-order valence-corrected chi connectivity index (χ0v) is 13.5. The van der Waals surface area contributed by atoms with E-state index in [9.17, 15) is 9.90 Å². The summed E-state index contributed by atoms with van der Waals surface area (Å²) in [4.78, 5) is 22.7. The fourth-order valence-corrected chi connectivity index (χ4v) is 3.06. The van der Waals surface area contributed by atoms with Crippen molar-refractivity contribution >= 4 is 5.91 Å². The SMILES string of the molecule is O=C(c1cccc(-c2ccncc2)n1)N1CC(O)(c2ccccc2)C1. The Kier molecular flexibility index (Phi) is 3.78. The second-order valence-electron chi connectivity index (χ2n) is 6.20. The normalized spacial score (nSPS) is 15.5. The number of pyridine rings is 2. The zero-order chi connectivity index (χ0) is 17.3. The summed E-state index contributed by atoms with van der Waals surface area (Å²) in [6, 6.07) is 18.5. The number of nitrogens with zero attached hydrogens (tertiary/aromatic N) is 3. The van der Waals surface area contributed by atoms with Crippen LogP contribution in [-0.4, -0.2) is 39.0 Å². The van der Waals surface area contributed by atoms with Crippen LogP contribution >= 0.6 is 0 Å². The molecule has 5 nitrogen and oxygen atoms in total. The standard InChI is InChI=1S/C20H17N3O2/c24-19(23-13-20(25,14-23)16-5-2-1-3-6-16)18-8-4-7-17(22-18)15-9-11-21-12-10-15/h1-12,25H,13-14H2. The highest BCUT2D eigenvalue weighted by atomic mass is 16.3. The molecule has 3 heterocycles. The third-order valence-electron chi connectivity index (χ3n) is 4.45. The largest absolute Gasteiger partial charge is 0.381 e. The van der Waals surface area contributed by atoms with E-state index in [1.807, 2.05) is 54.6 Å². The molecule has 5 heteroatoms. The Morgan fingerprint density at radius 2 is 1.68 bits per heavy atom. The van der Waals surface area contributed by atoms with Crippen LogP contribution in [0.25, 0.3) is 11.3 Å². The van der Waals surface area contributed by atoms with Crippen LogP contribution in [0, 0.1) is 0 Å². The summed E-state index contributed by atoms with van der Waals surface area (Å²) in [6.07, 6.45) is 3.39. The smallest absolute Gasteiger partial charge is 0.272 e. The molecule has 0 saturated carbocycles. The highest BCUT2D eigenvalue weighted by Gasteiger charge is 2.45. The Bertz CT molecular complexity index is 891. The predicted octanol–water partition coefficient (Wildman–Crippen LogP) is 2.49. The molecule has 1 aromatic carbocycles. The van der Waals surface area contributed by atoms with Gasteiger partial charge in [0.05, 0.1) is 18.8 Å². The number of hydrogen-bond acceptors (Lipinski definition) is 4. The van der Waals surface area contributed by atoms with Crippen LogP contribution in [-0.2, 0) is 5.60 Å². The maximum Gasteiger partial charge on any atom is 0.272 e. The summed E-state index contributed by atoms with van der Waals surface area (Å²) in [7, 11) is 0. The molecule has 1 saturated heterocycles. The quantitative estimate of drug-likeness (QED) is 0.801. The van der Waals surface area contributed by atoms with Gasteiger partial charge in [-0.3, -0.25) is 9.78 Å². The number of amides is 1. The van der Waals surface area contributed by atoms with Gasteiger partial charge in [-0.1, -0.05) is 36.4 Å². The van der Waals surface area contributed by atoms with E-state index < -0.39 is 5.60 Å². The summed E-state index contributed by atoms with van der Waals surface area (Å²) in [5, 5.41) is 10.7. The van der Waals surface area contributed by atoms with E-state index in [1.54, 1.807) is 23.4 Å². The third-order valence-corrected chi connectivity index (χ3v) is 4.45. The van der Waals surface area contributed by atoms with Gasteiger partial charge in [-0.15, -0.1) is 0 Å². The van der Waals surface area contributed by atoms with Crippen LogP contribution in [0.5, 0.6) is 0 Å². The van der Waals surface area contributed by atoms with Gasteiger partial charge in [-0.2, -0.15) is 0 Å². The molecule has 3 aromatic rings. The van der Waals surface area contributed by atoms with E-state index in [0.717, 1.165) is 16.8 Å². The van der Waals surface area contributed by atoms with Crippen molar-refractivity contribution in [3.63, 3.8) is 0 Å². The van der Waals surface area contributed by atoms with Crippen molar-refractivity contribution in [3.8, 4) is 11.3 Å². The number of aliphatic hydroxyl groups is 1. The van der Waals surface area contributed by atoms with Crippen LogP contribution in [0.4, 0.5) is 0 Å². The summed E-state index contributed by atoms with van der Waals surface area (Å²) in [5.74, 6) is -0.170. The van der Waals surface area contributed by atoms with Gasteiger partial charge in [0.15, 0.2) is 0 Å². The van der Waals surface area contributed by atoms with E-state index in [4.69, 9.17) is 0 Å². The Morgan fingerprint density at radius 1 is 0.960 bits per heavy atom. The number of β-amino-alcohol motifs (C(OH)–C–C–N with tert-alkyl or cyclic N) is 1. The molecule has 0 spiro atoms. The summed E-state index contributed by atoms with van der Waals surface area (Å²) in [5.41, 5.74) is 1.88. The van der Waals surface area contributed by atoms with Gasteiger partial charge in [0.25, 0.3) is 5.91 Å². The maximum absolute atomic E-state index is 12.7. The minimum Gasteiger partial charge on any atom is -0.381 e. The molecule has 1 N–H and O–H groups in total. The molecule has 1 aliphatic heterocycles. The molecule has 0 unspecified atom stereocenters. The maximum atomic E-state index is 12.7. The lowest BCUT2D eigenvalue weighted by Gasteiger charge is -2.46. The molecule has 1 amide bonds. The predicted molar refractivity (Wildman–Crippen MR) is 93.7 cm³/mol. The van der Waals surface area contributed by atoms with Crippen molar-refractivity contribution in [1.82, 2.24) is 14.9 Å². The second-order valence-corrected chi connectivity index (χ2v) is 6.20. The van der Waals surface area contributed by atoms with Crippen molar-refractivity contribution in [1.29, 1.82) is 0 Å². The summed E-state index contributed by atoms with van der Waals surface area (Å²) < 4.78 is 0. The lowest BCUT2D eigenvalue weighted by atomic mass is 9.86.